The van der Waals surface area contributed by atoms with Gasteiger partial charge >= 0.3 is 10.5 Å². The lowest BCUT2D eigenvalue weighted by Crippen LogP contribution is -2.51. The first-order chi connectivity index (χ1) is 20.0. The Morgan fingerprint density at radius 1 is 0.833 bits per heavy atom. The number of nitrogens with zero attached hydrogens (tertiary/aromatic N) is 3. The number of halogens is 4. The molecule has 0 atom stereocenters. The molecule has 0 bridgehead atoms. The van der Waals surface area contributed by atoms with E-state index in [1.165, 1.54) is 0 Å². The monoisotopic (exact) mass is 645 g/mol. The maximum atomic E-state index is 13.2. The van der Waals surface area contributed by atoms with E-state index in [4.69, 9.17) is 23.2 Å². The molecule has 2 heterocycles. The van der Waals surface area contributed by atoms with Crippen LogP contribution in [-0.4, -0.2) is 56.3 Å². The van der Waals surface area contributed by atoms with Crippen LogP contribution in [-0.2, 0) is 39.2 Å². The predicted octanol–water partition coefficient (Wildman–Crippen LogP) is 6.47. The van der Waals surface area contributed by atoms with E-state index in [1.54, 1.807) is 4.90 Å². The number of carbonyl (C=O) groups excluding carboxylic acids is 4. The molecule has 0 N–H and O–H groups in total. The Labute approximate surface area is 263 Å². The number of aryl methyl sites for hydroxylation is 2. The van der Waals surface area contributed by atoms with Gasteiger partial charge in [-0.3, -0.25) is 19.2 Å². The highest BCUT2D eigenvalue weighted by Gasteiger charge is 2.27. The van der Waals surface area contributed by atoms with Crippen LogP contribution in [0.1, 0.15) is 17.5 Å². The second-order valence-corrected chi connectivity index (χ2v) is 11.3. The van der Waals surface area contributed by atoms with Crippen molar-refractivity contribution in [2.24, 2.45) is 7.05 Å². The predicted molar refractivity (Wildman–Crippen MR) is 167 cm³/mol. The molecule has 3 aromatic carbocycles. The van der Waals surface area contributed by atoms with Crippen LogP contribution in [0.2, 0.25) is 10.0 Å². The minimum absolute atomic E-state index is 0.0104. The van der Waals surface area contributed by atoms with Gasteiger partial charge in [0.25, 0.3) is 0 Å². The number of carbonyl (C=O) groups is 4. The number of rotatable bonds is 7. The smallest absolute Gasteiger partial charge is 0.304 e. The molecule has 0 spiro atoms. The van der Waals surface area contributed by atoms with Gasteiger partial charge < -0.3 is 14.4 Å². The highest BCUT2D eigenvalue weighted by atomic mass is 35.5. The summed E-state index contributed by atoms with van der Waals surface area (Å²) < 4.78 is 2.14. The highest BCUT2D eigenvalue weighted by Crippen LogP contribution is 2.36. The van der Waals surface area contributed by atoms with Crippen molar-refractivity contribution >= 4 is 79.6 Å². The van der Waals surface area contributed by atoms with Crippen molar-refractivity contribution in [2.45, 2.75) is 19.4 Å². The molecule has 0 saturated carbocycles. The fourth-order valence-electron chi connectivity index (χ4n) is 5.00. The third kappa shape index (κ3) is 7.72. The summed E-state index contributed by atoms with van der Waals surface area (Å²) in [5, 5.41) is 0.0802. The number of hydrogen-bond donors (Lipinski definition) is 0. The second kappa shape index (κ2) is 14.2. The largest absolute Gasteiger partial charge is 0.343 e. The SMILES string of the molecule is Cn1c(-c2ccc(Cl)cc2)c(CCC(=O)N2CCN(Cc3ccccc3)C(=O)C2)c2cc(Cl)ccc21.O=C(Cl)C(=O)Cl. The van der Waals surface area contributed by atoms with E-state index >= 15 is 0 Å². The van der Waals surface area contributed by atoms with E-state index in [2.05, 4.69) is 27.8 Å². The summed E-state index contributed by atoms with van der Waals surface area (Å²) in [5.41, 5.74) is 5.29. The molecule has 0 aliphatic carbocycles. The van der Waals surface area contributed by atoms with Gasteiger partial charge in [-0.1, -0.05) is 65.7 Å². The first-order valence-corrected chi connectivity index (χ1v) is 14.6. The minimum atomic E-state index is -1.14. The molecular formula is C31H27Cl4N3O4. The van der Waals surface area contributed by atoms with Crippen LogP contribution in [0.5, 0.6) is 0 Å². The molecular weight excluding hydrogens is 620 g/mol. The van der Waals surface area contributed by atoms with Crippen molar-refractivity contribution in [3.05, 3.63) is 94.0 Å². The van der Waals surface area contributed by atoms with E-state index in [1.807, 2.05) is 84.7 Å². The maximum Gasteiger partial charge on any atom is 0.304 e. The normalized spacial score (nSPS) is 13.1. The summed E-state index contributed by atoms with van der Waals surface area (Å²) >= 11 is 21.5. The van der Waals surface area contributed by atoms with Crippen molar-refractivity contribution in [1.82, 2.24) is 14.4 Å². The lowest BCUT2D eigenvalue weighted by molar-refractivity contribution is -0.145. The fraction of sp³-hybridized carbons (Fsp3) is 0.226. The molecule has 11 heteroatoms. The Morgan fingerprint density at radius 3 is 2.10 bits per heavy atom. The van der Waals surface area contributed by atoms with Crippen molar-refractivity contribution in [2.75, 3.05) is 19.6 Å². The number of fused-ring (bicyclic) bond motifs is 1. The molecule has 2 amide bonds. The Balaban J connectivity index is 0.000000612. The van der Waals surface area contributed by atoms with E-state index in [0.717, 1.165) is 33.3 Å². The lowest BCUT2D eigenvalue weighted by atomic mass is 10.0. The van der Waals surface area contributed by atoms with Crippen LogP contribution in [0.3, 0.4) is 0 Å². The third-order valence-electron chi connectivity index (χ3n) is 7.02. The van der Waals surface area contributed by atoms with E-state index in [9.17, 15) is 19.2 Å². The fourth-order valence-corrected chi connectivity index (χ4v) is 5.30. The van der Waals surface area contributed by atoms with Crippen LogP contribution in [0.4, 0.5) is 0 Å². The van der Waals surface area contributed by atoms with Crippen molar-refractivity contribution in [1.29, 1.82) is 0 Å². The molecule has 1 fully saturated rings. The second-order valence-electron chi connectivity index (χ2n) is 9.72. The van der Waals surface area contributed by atoms with Gasteiger partial charge in [0.1, 0.15) is 0 Å². The Morgan fingerprint density at radius 2 is 1.48 bits per heavy atom. The molecule has 5 rings (SSSR count). The Hall–Kier alpha value is -3.36. The number of amides is 2. The first-order valence-electron chi connectivity index (χ1n) is 13.1. The van der Waals surface area contributed by atoms with Gasteiger partial charge in [-0.25, -0.2) is 0 Å². The molecule has 4 aromatic rings. The van der Waals surface area contributed by atoms with Crippen molar-refractivity contribution in [3.63, 3.8) is 0 Å². The van der Waals surface area contributed by atoms with Gasteiger partial charge in [0.2, 0.25) is 11.8 Å². The minimum Gasteiger partial charge on any atom is -0.343 e. The quantitative estimate of drug-likeness (QED) is 0.170. The van der Waals surface area contributed by atoms with Crippen molar-refractivity contribution < 1.29 is 19.2 Å². The average molecular weight is 647 g/mol. The number of piperazine rings is 1. The summed E-state index contributed by atoms with van der Waals surface area (Å²) in [6.07, 6.45) is 0.866. The zero-order valence-corrected chi connectivity index (χ0v) is 25.7. The molecule has 1 aliphatic heterocycles. The van der Waals surface area contributed by atoms with Crippen LogP contribution in [0.15, 0.2) is 72.8 Å². The molecule has 42 heavy (non-hydrogen) atoms. The Bertz CT molecular complexity index is 1610. The van der Waals surface area contributed by atoms with Gasteiger partial charge in [-0.05, 0) is 76.6 Å². The van der Waals surface area contributed by atoms with Gasteiger partial charge in [-0.15, -0.1) is 0 Å². The molecule has 218 valence electrons. The molecule has 0 radical (unpaired) electrons. The molecule has 1 saturated heterocycles. The average Bonchev–Trinajstić information content (AvgIpc) is 3.24. The third-order valence-corrected chi connectivity index (χ3v) is 7.94. The van der Waals surface area contributed by atoms with Crippen LogP contribution in [0, 0.1) is 0 Å². The van der Waals surface area contributed by atoms with Crippen LogP contribution in [0.25, 0.3) is 22.2 Å². The molecule has 1 aliphatic rings. The summed E-state index contributed by atoms with van der Waals surface area (Å²) in [7, 11) is 2.02. The zero-order valence-electron chi connectivity index (χ0n) is 22.7. The van der Waals surface area contributed by atoms with E-state index < -0.39 is 10.5 Å². The van der Waals surface area contributed by atoms with Gasteiger partial charge in [0, 0.05) is 54.1 Å². The van der Waals surface area contributed by atoms with E-state index in [0.29, 0.717) is 42.5 Å². The van der Waals surface area contributed by atoms with Gasteiger partial charge in [-0.2, -0.15) is 0 Å². The van der Waals surface area contributed by atoms with Crippen LogP contribution >= 0.6 is 46.4 Å². The first kappa shape index (κ1) is 31.6. The van der Waals surface area contributed by atoms with Gasteiger partial charge in [0.05, 0.1) is 12.2 Å². The van der Waals surface area contributed by atoms with E-state index in [-0.39, 0.29) is 18.4 Å². The maximum absolute atomic E-state index is 13.2. The lowest BCUT2D eigenvalue weighted by Gasteiger charge is -2.34. The van der Waals surface area contributed by atoms with Gasteiger partial charge in [0.15, 0.2) is 0 Å². The summed E-state index contributed by atoms with van der Waals surface area (Å²) in [5.74, 6) is -0.0268. The number of aromatic nitrogens is 1. The standard InChI is InChI=1S/C29H27Cl2N3O2.C2Cl2O2/c1-32-26-13-11-23(31)17-25(26)24(29(32)21-7-9-22(30)10-8-21)12-14-27(35)34-16-15-33(28(36)19-34)18-20-5-3-2-4-6-20;3-1(5)2(4)6/h2-11,13,17H,12,14-16,18-19H2,1H3;. The summed E-state index contributed by atoms with van der Waals surface area (Å²) in [4.78, 5) is 48.3. The zero-order chi connectivity index (χ0) is 30.4. The van der Waals surface area contributed by atoms with Crippen molar-refractivity contribution in [3.8, 4) is 11.3 Å². The number of benzene rings is 3. The topological polar surface area (TPSA) is 79.7 Å². The molecule has 1 aromatic heterocycles. The number of hydrogen-bond acceptors (Lipinski definition) is 4. The summed E-state index contributed by atoms with van der Waals surface area (Å²) in [6.45, 7) is 1.78. The molecule has 7 nitrogen and oxygen atoms in total. The summed E-state index contributed by atoms with van der Waals surface area (Å²) in [6, 6.07) is 23.5. The van der Waals surface area contributed by atoms with Crippen LogP contribution < -0.4 is 0 Å². The molecule has 0 unspecified atom stereocenters. The highest BCUT2D eigenvalue weighted by molar-refractivity contribution is 6.97. The Kier molecular flexibility index (Phi) is 10.7.